The Labute approximate surface area is 461 Å². The first-order chi connectivity index (χ1) is 36.3. The fourth-order valence-electron chi connectivity index (χ4n) is 17.2. The Bertz CT molecular complexity index is 3870. The number of rotatable bonds is 4. The van der Waals surface area contributed by atoms with E-state index in [4.69, 9.17) is 0 Å². The first-order valence-electron chi connectivity index (χ1n) is 30.0. The van der Waals surface area contributed by atoms with Crippen LogP contribution in [0.3, 0.4) is 0 Å². The Hall–Kier alpha value is -5.74. The van der Waals surface area contributed by atoms with E-state index in [1.165, 1.54) is 173 Å². The first-order valence-corrected chi connectivity index (χ1v) is 30.0. The van der Waals surface area contributed by atoms with E-state index >= 15 is 0 Å². The van der Waals surface area contributed by atoms with Crippen molar-refractivity contribution in [1.82, 2.24) is 4.57 Å². The SMILES string of the molecule is CB1c2cc3c(cc2-n2c4c1c(-c1cc5c(cc1Nc1ccc6c(c1)C(C)(C)CCC6(C)C)C(C)(C)CCC5(C)C)cc(N1c5ccccc5C5(C)CCCCC15C)c4c1ccc4ccccc4c12)C(C)(C)CCC3(C)C. The minimum absolute atomic E-state index is 0.00455. The van der Waals surface area contributed by atoms with Crippen LogP contribution in [0.4, 0.5) is 22.7 Å². The van der Waals surface area contributed by atoms with Crippen molar-refractivity contribution in [3.63, 3.8) is 0 Å². The minimum atomic E-state index is -0.138. The molecule has 0 bridgehead atoms. The third kappa shape index (κ3) is 6.69. The lowest BCUT2D eigenvalue weighted by Gasteiger charge is -2.50. The van der Waals surface area contributed by atoms with Gasteiger partial charge in [0.15, 0.2) is 0 Å². The van der Waals surface area contributed by atoms with Gasteiger partial charge in [0.1, 0.15) is 0 Å². The number of nitrogens with one attached hydrogen (secondary N) is 1. The molecule has 1 fully saturated rings. The van der Waals surface area contributed by atoms with Crippen molar-refractivity contribution in [3.8, 4) is 16.8 Å². The summed E-state index contributed by atoms with van der Waals surface area (Å²) >= 11 is 0. The summed E-state index contributed by atoms with van der Waals surface area (Å²) in [5.74, 6) is 0. The number of fused-ring (bicyclic) bond motifs is 13. The second-order valence-electron chi connectivity index (χ2n) is 30.1. The molecule has 4 aliphatic carbocycles. The molecule has 2 atom stereocenters. The number of anilines is 4. The smallest absolute Gasteiger partial charge is 0.212 e. The summed E-state index contributed by atoms with van der Waals surface area (Å²) in [5.41, 5.74) is 25.7. The molecule has 0 saturated heterocycles. The molecule has 77 heavy (non-hydrogen) atoms. The highest BCUT2D eigenvalue weighted by atomic mass is 15.3. The maximum Gasteiger partial charge on any atom is 0.212 e. The molecule has 0 radical (unpaired) electrons. The number of hydrogen-bond acceptors (Lipinski definition) is 2. The summed E-state index contributed by atoms with van der Waals surface area (Å²) in [4.78, 5) is 2.91. The molecule has 4 heteroatoms. The van der Waals surface area contributed by atoms with Crippen LogP contribution in [-0.2, 0) is 37.9 Å². The van der Waals surface area contributed by atoms with Gasteiger partial charge < -0.3 is 14.8 Å². The quantitative estimate of drug-likeness (QED) is 0.177. The Balaban J connectivity index is 1.16. The maximum atomic E-state index is 4.32. The number of para-hydroxylation sites is 1. The lowest BCUT2D eigenvalue weighted by Crippen LogP contribution is -2.55. The summed E-state index contributed by atoms with van der Waals surface area (Å²) in [6.45, 7) is 37.8. The van der Waals surface area contributed by atoms with Crippen LogP contribution in [-0.4, -0.2) is 16.8 Å². The summed E-state index contributed by atoms with van der Waals surface area (Å²) < 4.78 is 2.82. The normalized spacial score (nSPS) is 24.5. The van der Waals surface area contributed by atoms with Gasteiger partial charge >= 0.3 is 0 Å². The fourth-order valence-corrected chi connectivity index (χ4v) is 17.2. The zero-order valence-corrected chi connectivity index (χ0v) is 49.4. The maximum absolute atomic E-state index is 4.32. The highest BCUT2D eigenvalue weighted by Crippen LogP contribution is 2.63. The van der Waals surface area contributed by atoms with Gasteiger partial charge in [-0.2, -0.15) is 0 Å². The molecule has 394 valence electrons. The number of nitrogens with zero attached hydrogens (tertiary/aromatic N) is 2. The molecular formula is C73H84BN3. The van der Waals surface area contributed by atoms with Crippen LogP contribution in [0.5, 0.6) is 0 Å². The molecule has 2 aliphatic heterocycles. The van der Waals surface area contributed by atoms with Crippen LogP contribution in [0.15, 0.2) is 109 Å². The zero-order chi connectivity index (χ0) is 53.9. The van der Waals surface area contributed by atoms with Gasteiger partial charge in [-0.3, -0.25) is 0 Å². The summed E-state index contributed by atoms with van der Waals surface area (Å²) in [7, 11) is 0. The Morgan fingerprint density at radius 1 is 0.429 bits per heavy atom. The van der Waals surface area contributed by atoms with Crippen molar-refractivity contribution in [2.24, 2.45) is 0 Å². The average Bonchev–Trinajstić information content (AvgIpc) is 3.74. The lowest BCUT2D eigenvalue weighted by molar-refractivity contribution is 0.195. The zero-order valence-electron chi connectivity index (χ0n) is 49.4. The lowest BCUT2D eigenvalue weighted by atomic mass is 9.39. The van der Waals surface area contributed by atoms with Crippen LogP contribution >= 0.6 is 0 Å². The standard InChI is InChI=1S/C73H84BN3/c1-66(2)32-33-67(3,4)52-38-45(27-29-50(52)66)75-58-42-55-53(68(5,6)34-36-70(55,9)10)39-48(58)49-40-61(77-59-25-19-18-24-51(59)72(13)30-20-21-31-73(72,77)14)62-47-28-26-44-22-16-17-23-46(44)64(47)76-60-43-56-54(69(7,8)35-37-71(56,11)12)41-57(60)74(15)63(49)65(62)76/h16-19,22-29,38-43,75H,20-21,30-37H2,1-15H3. The molecule has 2 unspecified atom stereocenters. The summed E-state index contributed by atoms with van der Waals surface area (Å²) in [6.07, 6.45) is 11.9. The number of benzene rings is 7. The Morgan fingerprint density at radius 3 is 1.69 bits per heavy atom. The predicted octanol–water partition coefficient (Wildman–Crippen LogP) is 18.7. The van der Waals surface area contributed by atoms with Gasteiger partial charge in [-0.05, 0) is 189 Å². The Kier molecular flexibility index (Phi) is 10.1. The second kappa shape index (κ2) is 15.8. The third-order valence-corrected chi connectivity index (χ3v) is 22.7. The van der Waals surface area contributed by atoms with Gasteiger partial charge in [0.2, 0.25) is 6.71 Å². The molecule has 1 N–H and O–H groups in total. The molecule has 3 nitrogen and oxygen atoms in total. The second-order valence-corrected chi connectivity index (χ2v) is 30.1. The fraction of sp³-hybridized carbons (Fsp3) is 0.452. The van der Waals surface area contributed by atoms with Crippen LogP contribution in [0, 0.1) is 0 Å². The molecule has 8 aromatic rings. The predicted molar refractivity (Wildman–Crippen MR) is 333 cm³/mol. The topological polar surface area (TPSA) is 20.2 Å². The molecule has 1 saturated carbocycles. The van der Waals surface area contributed by atoms with Crippen LogP contribution in [0.1, 0.15) is 200 Å². The van der Waals surface area contributed by atoms with E-state index in [0.29, 0.717) is 0 Å². The van der Waals surface area contributed by atoms with Crippen molar-refractivity contribution < 1.29 is 0 Å². The van der Waals surface area contributed by atoms with E-state index in [9.17, 15) is 0 Å². The summed E-state index contributed by atoms with van der Waals surface area (Å²) in [5, 5.41) is 9.70. The van der Waals surface area contributed by atoms with Crippen molar-refractivity contribution in [2.75, 3.05) is 10.2 Å². The highest BCUT2D eigenvalue weighted by molar-refractivity contribution is 6.88. The molecule has 1 aromatic heterocycles. The molecule has 14 rings (SSSR count). The van der Waals surface area contributed by atoms with Crippen molar-refractivity contribution in [3.05, 3.63) is 148 Å². The number of hydrogen-bond donors (Lipinski definition) is 1. The molecule has 0 spiro atoms. The van der Waals surface area contributed by atoms with Gasteiger partial charge in [0, 0.05) is 49.9 Å². The minimum Gasteiger partial charge on any atom is -0.355 e. The largest absolute Gasteiger partial charge is 0.355 e. The molecule has 6 aliphatic rings. The van der Waals surface area contributed by atoms with E-state index in [0.717, 1.165) is 12.8 Å². The molecule has 3 heterocycles. The molecular weight excluding hydrogens is 930 g/mol. The highest BCUT2D eigenvalue weighted by Gasteiger charge is 2.58. The monoisotopic (exact) mass is 1010 g/mol. The third-order valence-electron chi connectivity index (χ3n) is 22.7. The van der Waals surface area contributed by atoms with Crippen molar-refractivity contribution in [1.29, 1.82) is 0 Å². The van der Waals surface area contributed by atoms with E-state index in [-0.39, 0.29) is 50.2 Å². The first kappa shape index (κ1) is 49.6. The molecule has 0 amide bonds. The van der Waals surface area contributed by atoms with Crippen LogP contribution in [0.25, 0.3) is 49.4 Å². The van der Waals surface area contributed by atoms with Gasteiger partial charge in [0.05, 0.1) is 22.3 Å². The van der Waals surface area contributed by atoms with E-state index in [2.05, 4.69) is 228 Å². The molecule has 7 aromatic carbocycles. The van der Waals surface area contributed by atoms with Crippen molar-refractivity contribution >= 4 is 73.0 Å². The number of aromatic nitrogens is 1. The van der Waals surface area contributed by atoms with E-state index in [1.54, 1.807) is 0 Å². The van der Waals surface area contributed by atoms with Crippen LogP contribution in [0.2, 0.25) is 6.82 Å². The van der Waals surface area contributed by atoms with Gasteiger partial charge in [-0.1, -0.05) is 182 Å². The Morgan fingerprint density at radius 2 is 1.00 bits per heavy atom. The van der Waals surface area contributed by atoms with Gasteiger partial charge in [-0.25, -0.2) is 0 Å². The average molecular weight is 1010 g/mol. The van der Waals surface area contributed by atoms with Crippen LogP contribution < -0.4 is 21.1 Å². The van der Waals surface area contributed by atoms with Crippen molar-refractivity contribution in [2.45, 2.75) is 211 Å². The van der Waals surface area contributed by atoms with E-state index in [1.807, 2.05) is 0 Å². The van der Waals surface area contributed by atoms with E-state index < -0.39 is 0 Å². The summed E-state index contributed by atoms with van der Waals surface area (Å²) in [6, 6.07) is 44.6. The van der Waals surface area contributed by atoms with Gasteiger partial charge in [-0.15, -0.1) is 0 Å². The van der Waals surface area contributed by atoms with Gasteiger partial charge in [0.25, 0.3) is 0 Å².